The van der Waals surface area contributed by atoms with E-state index in [1.807, 2.05) is 11.4 Å². The zero-order valence-electron chi connectivity index (χ0n) is 7.84. The molecule has 1 nitrogen and oxygen atoms in total. The second kappa shape index (κ2) is 4.31. The van der Waals surface area contributed by atoms with E-state index in [9.17, 15) is 4.39 Å². The lowest BCUT2D eigenvalue weighted by Crippen LogP contribution is -1.91. The first kappa shape index (κ1) is 10.6. The van der Waals surface area contributed by atoms with Crippen LogP contribution in [0.2, 0.25) is 5.02 Å². The van der Waals surface area contributed by atoms with E-state index in [0.717, 1.165) is 16.0 Å². The standard InChI is InChI=1S/C11H9ClFNS/c12-10-4-7(1-2-11(10)13)8-3-9(5-14)15-6-8/h1-4,6H,5,14H2. The highest BCUT2D eigenvalue weighted by molar-refractivity contribution is 7.10. The third kappa shape index (κ3) is 2.20. The summed E-state index contributed by atoms with van der Waals surface area (Å²) in [5.41, 5.74) is 7.46. The molecule has 0 bridgehead atoms. The van der Waals surface area contributed by atoms with Gasteiger partial charge in [0.25, 0.3) is 0 Å². The third-order valence-corrected chi connectivity index (χ3v) is 3.36. The first-order valence-electron chi connectivity index (χ1n) is 4.43. The van der Waals surface area contributed by atoms with Crippen molar-refractivity contribution in [3.63, 3.8) is 0 Å². The Hall–Kier alpha value is -0.900. The highest BCUT2D eigenvalue weighted by Gasteiger charge is 2.04. The zero-order valence-corrected chi connectivity index (χ0v) is 9.41. The maximum absolute atomic E-state index is 12.9. The Balaban J connectivity index is 2.40. The van der Waals surface area contributed by atoms with Gasteiger partial charge in [0.05, 0.1) is 5.02 Å². The van der Waals surface area contributed by atoms with Gasteiger partial charge in [-0.15, -0.1) is 11.3 Å². The van der Waals surface area contributed by atoms with Crippen molar-refractivity contribution >= 4 is 22.9 Å². The van der Waals surface area contributed by atoms with Gasteiger partial charge in [0.1, 0.15) is 5.82 Å². The van der Waals surface area contributed by atoms with Crippen molar-refractivity contribution in [1.82, 2.24) is 0 Å². The molecule has 0 saturated heterocycles. The van der Waals surface area contributed by atoms with Crippen LogP contribution in [0.1, 0.15) is 4.88 Å². The van der Waals surface area contributed by atoms with E-state index in [4.69, 9.17) is 17.3 Å². The predicted octanol–water partition coefficient (Wildman–Crippen LogP) is 3.67. The highest BCUT2D eigenvalue weighted by Crippen LogP contribution is 2.28. The van der Waals surface area contributed by atoms with Crippen LogP contribution in [0, 0.1) is 5.82 Å². The SMILES string of the molecule is NCc1cc(-c2ccc(F)c(Cl)c2)cs1. The summed E-state index contributed by atoms with van der Waals surface area (Å²) in [7, 11) is 0. The molecule has 2 aromatic rings. The maximum atomic E-state index is 12.9. The molecule has 0 aliphatic carbocycles. The van der Waals surface area contributed by atoms with Gasteiger partial charge in [-0.2, -0.15) is 0 Å². The van der Waals surface area contributed by atoms with E-state index in [0.29, 0.717) is 6.54 Å². The van der Waals surface area contributed by atoms with Gasteiger partial charge in [-0.05, 0) is 34.7 Å². The Labute approximate surface area is 96.3 Å². The van der Waals surface area contributed by atoms with E-state index in [-0.39, 0.29) is 5.02 Å². The fourth-order valence-electron chi connectivity index (χ4n) is 1.31. The van der Waals surface area contributed by atoms with Crippen molar-refractivity contribution in [2.75, 3.05) is 0 Å². The number of hydrogen-bond donors (Lipinski definition) is 1. The molecule has 0 aliphatic rings. The van der Waals surface area contributed by atoms with Crippen LogP contribution in [0.3, 0.4) is 0 Å². The zero-order chi connectivity index (χ0) is 10.8. The number of benzene rings is 1. The van der Waals surface area contributed by atoms with E-state index >= 15 is 0 Å². The van der Waals surface area contributed by atoms with Crippen molar-refractivity contribution in [1.29, 1.82) is 0 Å². The summed E-state index contributed by atoms with van der Waals surface area (Å²) < 4.78 is 12.9. The molecule has 0 saturated carbocycles. The molecular weight excluding hydrogens is 233 g/mol. The Morgan fingerprint density at radius 3 is 2.67 bits per heavy atom. The van der Waals surface area contributed by atoms with Crippen LogP contribution in [0.4, 0.5) is 4.39 Å². The number of nitrogens with two attached hydrogens (primary N) is 1. The molecular formula is C11H9ClFNS. The van der Waals surface area contributed by atoms with E-state index in [1.54, 1.807) is 23.5 Å². The second-order valence-electron chi connectivity index (χ2n) is 3.13. The normalized spacial score (nSPS) is 10.6. The number of hydrogen-bond acceptors (Lipinski definition) is 2. The van der Waals surface area contributed by atoms with Gasteiger partial charge in [-0.1, -0.05) is 17.7 Å². The van der Waals surface area contributed by atoms with Crippen molar-refractivity contribution in [3.05, 3.63) is 45.4 Å². The summed E-state index contributed by atoms with van der Waals surface area (Å²) in [5, 5.41) is 2.14. The Morgan fingerprint density at radius 1 is 1.27 bits per heavy atom. The lowest BCUT2D eigenvalue weighted by atomic mass is 10.1. The largest absolute Gasteiger partial charge is 0.326 e. The maximum Gasteiger partial charge on any atom is 0.141 e. The molecule has 0 fully saturated rings. The van der Waals surface area contributed by atoms with Crippen molar-refractivity contribution in [2.45, 2.75) is 6.54 Å². The lowest BCUT2D eigenvalue weighted by Gasteiger charge is -1.99. The molecule has 0 spiro atoms. The van der Waals surface area contributed by atoms with Gasteiger partial charge in [0, 0.05) is 11.4 Å². The average Bonchev–Trinajstić information content (AvgIpc) is 2.70. The monoisotopic (exact) mass is 241 g/mol. The van der Waals surface area contributed by atoms with Crippen LogP contribution in [0.15, 0.2) is 29.6 Å². The molecule has 1 aromatic carbocycles. The van der Waals surface area contributed by atoms with Crippen LogP contribution in [0.5, 0.6) is 0 Å². The van der Waals surface area contributed by atoms with E-state index < -0.39 is 5.82 Å². The first-order chi connectivity index (χ1) is 7.20. The van der Waals surface area contributed by atoms with Crippen LogP contribution >= 0.6 is 22.9 Å². The fraction of sp³-hybridized carbons (Fsp3) is 0.0909. The highest BCUT2D eigenvalue weighted by atomic mass is 35.5. The van der Waals surface area contributed by atoms with E-state index in [2.05, 4.69) is 0 Å². The summed E-state index contributed by atoms with van der Waals surface area (Å²) in [5.74, 6) is -0.394. The first-order valence-corrected chi connectivity index (χ1v) is 5.69. The Bertz CT molecular complexity index is 481. The van der Waals surface area contributed by atoms with Crippen molar-refractivity contribution in [3.8, 4) is 11.1 Å². The molecule has 0 radical (unpaired) electrons. The minimum Gasteiger partial charge on any atom is -0.326 e. The van der Waals surface area contributed by atoms with Crippen molar-refractivity contribution in [2.24, 2.45) is 5.73 Å². The van der Waals surface area contributed by atoms with Gasteiger partial charge in [-0.25, -0.2) is 4.39 Å². The fourth-order valence-corrected chi connectivity index (χ4v) is 2.27. The van der Waals surface area contributed by atoms with Crippen LogP contribution in [-0.2, 0) is 6.54 Å². The molecule has 0 atom stereocenters. The van der Waals surface area contributed by atoms with Crippen LogP contribution < -0.4 is 5.73 Å². The summed E-state index contributed by atoms with van der Waals surface area (Å²) >= 11 is 7.30. The minimum atomic E-state index is -0.394. The number of halogens is 2. The molecule has 0 aliphatic heterocycles. The quantitative estimate of drug-likeness (QED) is 0.853. The van der Waals surface area contributed by atoms with E-state index in [1.165, 1.54) is 6.07 Å². The number of rotatable bonds is 2. The third-order valence-electron chi connectivity index (χ3n) is 2.11. The molecule has 1 aromatic heterocycles. The van der Waals surface area contributed by atoms with Crippen molar-refractivity contribution < 1.29 is 4.39 Å². The van der Waals surface area contributed by atoms with Gasteiger partial charge in [0.2, 0.25) is 0 Å². The Morgan fingerprint density at radius 2 is 2.07 bits per heavy atom. The van der Waals surface area contributed by atoms with Crippen LogP contribution in [-0.4, -0.2) is 0 Å². The summed E-state index contributed by atoms with van der Waals surface area (Å²) in [6.07, 6.45) is 0. The molecule has 2 rings (SSSR count). The molecule has 0 unspecified atom stereocenters. The van der Waals surface area contributed by atoms with Gasteiger partial charge in [0.15, 0.2) is 0 Å². The van der Waals surface area contributed by atoms with Gasteiger partial charge >= 0.3 is 0 Å². The molecule has 2 N–H and O–H groups in total. The summed E-state index contributed by atoms with van der Waals surface area (Å²) in [4.78, 5) is 1.10. The second-order valence-corrected chi connectivity index (χ2v) is 4.54. The molecule has 15 heavy (non-hydrogen) atoms. The number of thiophene rings is 1. The topological polar surface area (TPSA) is 26.0 Å². The predicted molar refractivity (Wildman–Crippen MR) is 62.6 cm³/mol. The van der Waals surface area contributed by atoms with Gasteiger partial charge < -0.3 is 5.73 Å². The van der Waals surface area contributed by atoms with Gasteiger partial charge in [-0.3, -0.25) is 0 Å². The molecule has 1 heterocycles. The average molecular weight is 242 g/mol. The Kier molecular flexibility index (Phi) is 3.05. The lowest BCUT2D eigenvalue weighted by molar-refractivity contribution is 0.628. The van der Waals surface area contributed by atoms with Crippen LogP contribution in [0.25, 0.3) is 11.1 Å². The molecule has 78 valence electrons. The minimum absolute atomic E-state index is 0.146. The summed E-state index contributed by atoms with van der Waals surface area (Å²) in [6.45, 7) is 0.527. The molecule has 0 amide bonds. The smallest absolute Gasteiger partial charge is 0.141 e. The molecule has 4 heteroatoms. The summed E-state index contributed by atoms with van der Waals surface area (Å²) in [6, 6.07) is 6.70.